The minimum Gasteiger partial charge on any atom is -0.336 e. The molecule has 19 heavy (non-hydrogen) atoms. The number of fused-ring (bicyclic) bond motifs is 1. The topological polar surface area (TPSA) is 32.3 Å². The summed E-state index contributed by atoms with van der Waals surface area (Å²) in [6.45, 7) is 2.17. The molecule has 1 amide bonds. The van der Waals surface area contributed by atoms with E-state index in [2.05, 4.69) is 5.32 Å². The minimum atomic E-state index is -0.350. The van der Waals surface area contributed by atoms with Crippen molar-refractivity contribution >= 4 is 17.5 Å². The first kappa shape index (κ1) is 12.9. The number of carbonyl (C=O) groups is 1. The van der Waals surface area contributed by atoms with E-state index in [9.17, 15) is 9.18 Å². The van der Waals surface area contributed by atoms with Gasteiger partial charge in [-0.1, -0.05) is 17.7 Å². The van der Waals surface area contributed by atoms with Crippen molar-refractivity contribution in [1.82, 2.24) is 10.2 Å². The minimum absolute atomic E-state index is 0.105. The molecule has 0 saturated carbocycles. The van der Waals surface area contributed by atoms with Gasteiger partial charge in [-0.25, -0.2) is 4.39 Å². The first-order chi connectivity index (χ1) is 9.15. The van der Waals surface area contributed by atoms with E-state index < -0.39 is 0 Å². The van der Waals surface area contributed by atoms with Gasteiger partial charge in [0.05, 0.1) is 5.92 Å². The smallest absolute Gasteiger partial charge is 0.227 e. The largest absolute Gasteiger partial charge is 0.336 e. The monoisotopic (exact) mass is 282 g/mol. The highest BCUT2D eigenvalue weighted by atomic mass is 35.5. The number of rotatable bonds is 2. The van der Waals surface area contributed by atoms with Crippen LogP contribution in [-0.2, 0) is 11.3 Å². The number of amides is 1. The Morgan fingerprint density at radius 2 is 2.32 bits per heavy atom. The normalized spacial score (nSPS) is 26.6. The lowest BCUT2D eigenvalue weighted by atomic mass is 9.94. The second kappa shape index (κ2) is 5.10. The molecule has 1 aromatic carbocycles. The van der Waals surface area contributed by atoms with E-state index in [1.165, 1.54) is 12.1 Å². The molecule has 1 aromatic rings. The third-order valence-corrected chi connectivity index (χ3v) is 4.36. The molecule has 2 saturated heterocycles. The molecule has 0 aliphatic carbocycles. The van der Waals surface area contributed by atoms with Crippen molar-refractivity contribution in [3.05, 3.63) is 34.6 Å². The maximum atomic E-state index is 13.0. The van der Waals surface area contributed by atoms with Gasteiger partial charge in [-0.05, 0) is 37.1 Å². The highest BCUT2D eigenvalue weighted by molar-refractivity contribution is 6.31. The first-order valence-corrected chi connectivity index (χ1v) is 6.99. The van der Waals surface area contributed by atoms with Crippen molar-refractivity contribution in [3.8, 4) is 0 Å². The molecule has 1 N–H and O–H groups in total. The SMILES string of the molecule is O=C1C2CCCNC2CN1Cc1ccc(F)cc1Cl. The summed E-state index contributed by atoms with van der Waals surface area (Å²) < 4.78 is 13.0. The van der Waals surface area contributed by atoms with Gasteiger partial charge in [-0.3, -0.25) is 4.79 Å². The van der Waals surface area contributed by atoms with Crippen LogP contribution in [-0.4, -0.2) is 29.9 Å². The number of hydrogen-bond acceptors (Lipinski definition) is 2. The molecule has 2 heterocycles. The van der Waals surface area contributed by atoms with Crippen molar-refractivity contribution in [2.45, 2.75) is 25.4 Å². The summed E-state index contributed by atoms with van der Waals surface area (Å²) in [7, 11) is 0. The molecule has 102 valence electrons. The highest BCUT2D eigenvalue weighted by Gasteiger charge is 2.41. The van der Waals surface area contributed by atoms with E-state index in [4.69, 9.17) is 11.6 Å². The zero-order valence-corrected chi connectivity index (χ0v) is 11.3. The van der Waals surface area contributed by atoms with Crippen molar-refractivity contribution < 1.29 is 9.18 Å². The van der Waals surface area contributed by atoms with Crippen LogP contribution in [0.4, 0.5) is 4.39 Å². The number of benzene rings is 1. The highest BCUT2D eigenvalue weighted by Crippen LogP contribution is 2.29. The van der Waals surface area contributed by atoms with Gasteiger partial charge in [0.25, 0.3) is 0 Å². The van der Waals surface area contributed by atoms with Crippen molar-refractivity contribution in [2.75, 3.05) is 13.1 Å². The standard InChI is InChI=1S/C14H16ClFN2O/c15-12-6-10(16)4-3-9(12)7-18-8-13-11(14(18)19)2-1-5-17-13/h3-4,6,11,13,17H,1-2,5,7-8H2. The third kappa shape index (κ3) is 2.47. The Hall–Kier alpha value is -1.13. The van der Waals surface area contributed by atoms with Gasteiger partial charge in [0.1, 0.15) is 5.82 Å². The molecule has 0 radical (unpaired) electrons. The molecular formula is C14H16ClFN2O. The number of nitrogens with zero attached hydrogens (tertiary/aromatic N) is 1. The molecule has 0 spiro atoms. The molecule has 2 unspecified atom stereocenters. The van der Waals surface area contributed by atoms with Gasteiger partial charge in [0.2, 0.25) is 5.91 Å². The Kier molecular flexibility index (Phi) is 3.46. The average Bonchev–Trinajstić information content (AvgIpc) is 2.70. The first-order valence-electron chi connectivity index (χ1n) is 6.61. The summed E-state index contributed by atoms with van der Waals surface area (Å²) in [4.78, 5) is 14.1. The lowest BCUT2D eigenvalue weighted by Crippen LogP contribution is -2.41. The fourth-order valence-electron chi connectivity index (χ4n) is 3.00. The third-order valence-electron chi connectivity index (χ3n) is 4.01. The number of carbonyl (C=O) groups excluding carboxylic acids is 1. The van der Waals surface area contributed by atoms with Crippen LogP contribution in [0.2, 0.25) is 5.02 Å². The van der Waals surface area contributed by atoms with Gasteiger partial charge in [-0.2, -0.15) is 0 Å². The summed E-state index contributed by atoms with van der Waals surface area (Å²) in [5, 5.41) is 3.78. The predicted octanol–water partition coefficient (Wildman–Crippen LogP) is 2.19. The molecule has 3 rings (SSSR count). The van der Waals surface area contributed by atoms with E-state index in [0.29, 0.717) is 11.6 Å². The van der Waals surface area contributed by atoms with E-state index in [0.717, 1.165) is 31.5 Å². The van der Waals surface area contributed by atoms with Crippen LogP contribution < -0.4 is 5.32 Å². The quantitative estimate of drug-likeness (QED) is 0.902. The molecule has 0 bridgehead atoms. The Bertz CT molecular complexity index is 508. The van der Waals surface area contributed by atoms with Crippen LogP contribution in [0.5, 0.6) is 0 Å². The van der Waals surface area contributed by atoms with Crippen LogP contribution in [0.3, 0.4) is 0 Å². The van der Waals surface area contributed by atoms with Crippen molar-refractivity contribution in [1.29, 1.82) is 0 Å². The summed E-state index contributed by atoms with van der Waals surface area (Å²) in [6.07, 6.45) is 2.02. The Morgan fingerprint density at radius 3 is 3.05 bits per heavy atom. The number of nitrogens with one attached hydrogen (secondary N) is 1. The zero-order valence-electron chi connectivity index (χ0n) is 10.5. The maximum absolute atomic E-state index is 13.0. The molecule has 2 atom stereocenters. The van der Waals surface area contributed by atoms with E-state index in [1.807, 2.05) is 4.90 Å². The zero-order chi connectivity index (χ0) is 13.4. The molecule has 2 aliphatic heterocycles. The molecular weight excluding hydrogens is 267 g/mol. The van der Waals surface area contributed by atoms with Crippen LogP contribution in [0.15, 0.2) is 18.2 Å². The fraction of sp³-hybridized carbons (Fsp3) is 0.500. The number of halogens is 2. The maximum Gasteiger partial charge on any atom is 0.227 e. The predicted molar refractivity (Wildman–Crippen MR) is 71.3 cm³/mol. The fourth-order valence-corrected chi connectivity index (χ4v) is 3.23. The van der Waals surface area contributed by atoms with E-state index in [1.54, 1.807) is 6.07 Å². The van der Waals surface area contributed by atoms with E-state index >= 15 is 0 Å². The molecule has 5 heteroatoms. The second-order valence-corrected chi connectivity index (χ2v) is 5.67. The molecule has 2 aliphatic rings. The summed E-state index contributed by atoms with van der Waals surface area (Å²) in [5.41, 5.74) is 0.801. The Labute approximate surface area is 116 Å². The summed E-state index contributed by atoms with van der Waals surface area (Å²) >= 11 is 6.01. The van der Waals surface area contributed by atoms with Crippen molar-refractivity contribution in [2.24, 2.45) is 5.92 Å². The lowest BCUT2D eigenvalue weighted by molar-refractivity contribution is -0.131. The lowest BCUT2D eigenvalue weighted by Gasteiger charge is -2.23. The van der Waals surface area contributed by atoms with Crippen LogP contribution in [0.25, 0.3) is 0 Å². The second-order valence-electron chi connectivity index (χ2n) is 5.26. The van der Waals surface area contributed by atoms with E-state index in [-0.39, 0.29) is 23.7 Å². The number of piperidine rings is 1. The van der Waals surface area contributed by atoms with Gasteiger partial charge in [0.15, 0.2) is 0 Å². The van der Waals surface area contributed by atoms with Crippen LogP contribution in [0.1, 0.15) is 18.4 Å². The average molecular weight is 283 g/mol. The van der Waals surface area contributed by atoms with Crippen LogP contribution in [0, 0.1) is 11.7 Å². The van der Waals surface area contributed by atoms with Crippen molar-refractivity contribution in [3.63, 3.8) is 0 Å². The Morgan fingerprint density at radius 1 is 1.47 bits per heavy atom. The summed E-state index contributed by atoms with van der Waals surface area (Å²) in [5.74, 6) is -0.0533. The van der Waals surface area contributed by atoms with Crippen LogP contribution >= 0.6 is 11.6 Å². The Balaban J connectivity index is 1.75. The van der Waals surface area contributed by atoms with Gasteiger partial charge < -0.3 is 10.2 Å². The number of likely N-dealkylation sites (tertiary alicyclic amines) is 1. The van der Waals surface area contributed by atoms with Gasteiger partial charge in [0, 0.05) is 24.2 Å². The summed E-state index contributed by atoms with van der Waals surface area (Å²) in [6, 6.07) is 4.59. The van der Waals surface area contributed by atoms with Gasteiger partial charge in [-0.15, -0.1) is 0 Å². The molecule has 3 nitrogen and oxygen atoms in total. The molecule has 2 fully saturated rings. The number of hydrogen-bond donors (Lipinski definition) is 1. The molecule has 0 aromatic heterocycles. The van der Waals surface area contributed by atoms with Gasteiger partial charge >= 0.3 is 0 Å².